The Morgan fingerprint density at radius 1 is 0.609 bits per heavy atom. The third-order valence-electron chi connectivity index (χ3n) is 3.07. The van der Waals surface area contributed by atoms with E-state index in [-0.39, 0.29) is 6.61 Å². The van der Waals surface area contributed by atoms with E-state index in [1.54, 1.807) is 0 Å². The molecule has 118 valence electrons. The van der Waals surface area contributed by atoms with Crippen molar-refractivity contribution in [3.8, 4) is 11.1 Å². The first-order valence-corrected chi connectivity index (χ1v) is 8.37. The maximum absolute atomic E-state index is 8.41. The molecular weight excluding hydrogens is 307 g/mol. The highest BCUT2D eigenvalue weighted by molar-refractivity contribution is 7.39. The van der Waals surface area contributed by atoms with E-state index >= 15 is 0 Å². The minimum Gasteiger partial charge on any atom is -0.328 e. The van der Waals surface area contributed by atoms with E-state index < -0.39 is 8.60 Å². The van der Waals surface area contributed by atoms with Crippen LogP contribution in [0.25, 0.3) is 11.1 Å². The molecule has 0 amide bonds. The van der Waals surface area contributed by atoms with Crippen molar-refractivity contribution in [3.05, 3.63) is 96.6 Å². The molecule has 3 aromatic rings. The van der Waals surface area contributed by atoms with Crippen LogP contribution in [0.4, 0.5) is 0 Å². The van der Waals surface area contributed by atoms with E-state index in [1.807, 2.05) is 42.5 Å². The standard InChI is InChI=1S/C12H10.C7H9O3P/c1-3-7-11(8-4-1)12-9-5-2-6-10-12;8-11(9)10-6-7-4-2-1-3-5-7/h1-10H;1-5,8-9H,6H2. The lowest BCUT2D eigenvalue weighted by molar-refractivity contribution is 0.246. The average molecular weight is 326 g/mol. The van der Waals surface area contributed by atoms with E-state index in [9.17, 15) is 0 Å². The van der Waals surface area contributed by atoms with Crippen molar-refractivity contribution >= 4 is 8.60 Å². The second kappa shape index (κ2) is 9.88. The Morgan fingerprint density at radius 3 is 1.39 bits per heavy atom. The molecule has 23 heavy (non-hydrogen) atoms. The molecule has 0 unspecified atom stereocenters. The van der Waals surface area contributed by atoms with Crippen LogP contribution in [-0.4, -0.2) is 9.79 Å². The summed E-state index contributed by atoms with van der Waals surface area (Å²) in [6.45, 7) is 0.250. The van der Waals surface area contributed by atoms with E-state index in [0.717, 1.165) is 5.56 Å². The van der Waals surface area contributed by atoms with Gasteiger partial charge in [-0.15, -0.1) is 0 Å². The minimum atomic E-state index is -2.22. The second-order valence-corrected chi connectivity index (χ2v) is 5.51. The van der Waals surface area contributed by atoms with Crippen molar-refractivity contribution in [1.29, 1.82) is 0 Å². The molecule has 0 bridgehead atoms. The summed E-state index contributed by atoms with van der Waals surface area (Å²) in [5.41, 5.74) is 3.49. The maximum atomic E-state index is 8.41. The van der Waals surface area contributed by atoms with Crippen molar-refractivity contribution in [2.24, 2.45) is 0 Å². The molecule has 0 atom stereocenters. The van der Waals surface area contributed by atoms with Gasteiger partial charge in [-0.1, -0.05) is 91.0 Å². The molecule has 0 saturated carbocycles. The normalized spacial score (nSPS) is 10.0. The van der Waals surface area contributed by atoms with E-state index in [0.29, 0.717) is 0 Å². The first-order chi connectivity index (χ1) is 11.3. The summed E-state index contributed by atoms with van der Waals surface area (Å²) >= 11 is 0. The molecule has 0 fully saturated rings. The molecule has 4 heteroatoms. The predicted octanol–water partition coefficient (Wildman–Crippen LogP) is 4.77. The highest BCUT2D eigenvalue weighted by atomic mass is 31.2. The van der Waals surface area contributed by atoms with Gasteiger partial charge in [-0.3, -0.25) is 0 Å². The summed E-state index contributed by atoms with van der Waals surface area (Å²) in [5.74, 6) is 0. The Bertz CT molecular complexity index is 620. The molecule has 0 spiro atoms. The van der Waals surface area contributed by atoms with Gasteiger partial charge in [-0.25, -0.2) is 0 Å². The third-order valence-corrected chi connectivity index (χ3v) is 3.43. The molecule has 2 N–H and O–H groups in total. The largest absolute Gasteiger partial charge is 0.328 e. The fourth-order valence-electron chi connectivity index (χ4n) is 1.97. The van der Waals surface area contributed by atoms with Crippen LogP contribution in [0, 0.1) is 0 Å². The van der Waals surface area contributed by atoms with Crippen LogP contribution in [-0.2, 0) is 11.1 Å². The number of benzene rings is 3. The monoisotopic (exact) mass is 326 g/mol. The third kappa shape index (κ3) is 6.72. The lowest BCUT2D eigenvalue weighted by Gasteiger charge is -2.02. The van der Waals surface area contributed by atoms with Crippen LogP contribution in [0.1, 0.15) is 5.56 Å². The van der Waals surface area contributed by atoms with Crippen LogP contribution in [0.2, 0.25) is 0 Å². The Labute approximate surface area is 137 Å². The molecule has 3 aromatic carbocycles. The fraction of sp³-hybridized carbons (Fsp3) is 0.0526. The van der Waals surface area contributed by atoms with Crippen LogP contribution < -0.4 is 0 Å². The molecule has 0 aliphatic carbocycles. The summed E-state index contributed by atoms with van der Waals surface area (Å²) in [4.78, 5) is 16.8. The molecule has 3 nitrogen and oxygen atoms in total. The van der Waals surface area contributed by atoms with Gasteiger partial charge in [-0.2, -0.15) is 0 Å². The Morgan fingerprint density at radius 2 is 1.00 bits per heavy atom. The zero-order chi connectivity index (χ0) is 16.3. The summed E-state index contributed by atoms with van der Waals surface area (Å²) in [6.07, 6.45) is 0. The quantitative estimate of drug-likeness (QED) is 0.679. The molecule has 0 heterocycles. The average Bonchev–Trinajstić information content (AvgIpc) is 2.63. The smallest absolute Gasteiger partial charge is 0.327 e. The zero-order valence-corrected chi connectivity index (χ0v) is 13.5. The molecular formula is C19H19O3P. The van der Waals surface area contributed by atoms with Crippen LogP contribution >= 0.6 is 8.60 Å². The van der Waals surface area contributed by atoms with Gasteiger partial charge in [0.05, 0.1) is 6.61 Å². The zero-order valence-electron chi connectivity index (χ0n) is 12.6. The van der Waals surface area contributed by atoms with Crippen molar-refractivity contribution in [3.63, 3.8) is 0 Å². The summed E-state index contributed by atoms with van der Waals surface area (Å²) < 4.78 is 4.60. The predicted molar refractivity (Wildman–Crippen MR) is 94.5 cm³/mol. The fourth-order valence-corrected chi connectivity index (χ4v) is 2.23. The highest BCUT2D eigenvalue weighted by Gasteiger charge is 1.98. The van der Waals surface area contributed by atoms with Crippen LogP contribution in [0.15, 0.2) is 91.0 Å². The number of hydrogen-bond donors (Lipinski definition) is 2. The first-order valence-electron chi connectivity index (χ1n) is 7.21. The summed E-state index contributed by atoms with van der Waals surface area (Å²) in [7, 11) is -2.22. The molecule has 0 radical (unpaired) electrons. The van der Waals surface area contributed by atoms with Gasteiger partial charge in [0.15, 0.2) is 0 Å². The van der Waals surface area contributed by atoms with Crippen molar-refractivity contribution in [1.82, 2.24) is 0 Å². The van der Waals surface area contributed by atoms with Gasteiger partial charge in [0.25, 0.3) is 0 Å². The van der Waals surface area contributed by atoms with Gasteiger partial charge in [0, 0.05) is 0 Å². The maximum Gasteiger partial charge on any atom is 0.327 e. The van der Waals surface area contributed by atoms with Gasteiger partial charge in [0.2, 0.25) is 0 Å². The molecule has 0 aliphatic rings. The van der Waals surface area contributed by atoms with Crippen molar-refractivity contribution in [2.45, 2.75) is 6.61 Å². The van der Waals surface area contributed by atoms with Crippen LogP contribution in [0.3, 0.4) is 0 Å². The van der Waals surface area contributed by atoms with Gasteiger partial charge in [-0.05, 0) is 16.7 Å². The molecule has 0 aromatic heterocycles. The van der Waals surface area contributed by atoms with Gasteiger partial charge in [0.1, 0.15) is 0 Å². The van der Waals surface area contributed by atoms with Crippen LogP contribution in [0.5, 0.6) is 0 Å². The second-order valence-electron chi connectivity index (χ2n) is 4.74. The van der Waals surface area contributed by atoms with Gasteiger partial charge < -0.3 is 14.3 Å². The lowest BCUT2D eigenvalue weighted by atomic mass is 10.1. The lowest BCUT2D eigenvalue weighted by Crippen LogP contribution is -1.86. The Balaban J connectivity index is 0.000000168. The Hall–Kier alpha value is -2.03. The minimum absolute atomic E-state index is 0.250. The highest BCUT2D eigenvalue weighted by Crippen LogP contribution is 2.25. The van der Waals surface area contributed by atoms with E-state index in [1.165, 1.54) is 11.1 Å². The SMILES string of the molecule is OP(O)OCc1ccccc1.c1ccc(-c2ccccc2)cc1. The van der Waals surface area contributed by atoms with Crippen molar-refractivity contribution in [2.75, 3.05) is 0 Å². The Kier molecular flexibility index (Phi) is 7.44. The van der Waals surface area contributed by atoms with E-state index in [4.69, 9.17) is 9.79 Å². The topological polar surface area (TPSA) is 49.7 Å². The summed E-state index contributed by atoms with van der Waals surface area (Å²) in [5, 5.41) is 0. The van der Waals surface area contributed by atoms with Crippen molar-refractivity contribution < 1.29 is 14.3 Å². The number of rotatable bonds is 4. The molecule has 0 aliphatic heterocycles. The summed E-state index contributed by atoms with van der Waals surface area (Å²) in [6, 6.07) is 30.1. The number of hydrogen-bond acceptors (Lipinski definition) is 3. The molecule has 0 saturated heterocycles. The molecule has 3 rings (SSSR count). The van der Waals surface area contributed by atoms with Gasteiger partial charge >= 0.3 is 8.60 Å². The van der Waals surface area contributed by atoms with E-state index in [2.05, 4.69) is 53.1 Å². The first kappa shape index (κ1) is 17.3.